The quantitative estimate of drug-likeness (QED) is 0.775. The van der Waals surface area contributed by atoms with Crippen LogP contribution in [-0.4, -0.2) is 16.2 Å². The first-order valence-electron chi connectivity index (χ1n) is 4.52. The summed E-state index contributed by atoms with van der Waals surface area (Å²) in [4.78, 5) is 10.6. The number of hydrogen-bond donors (Lipinski definition) is 2. The summed E-state index contributed by atoms with van der Waals surface area (Å²) in [5.41, 5.74) is 1.06. The van der Waals surface area contributed by atoms with Crippen LogP contribution in [0.25, 0.3) is 0 Å². The van der Waals surface area contributed by atoms with Crippen LogP contribution in [0.15, 0.2) is 24.3 Å². The van der Waals surface area contributed by atoms with Gasteiger partial charge in [-0.1, -0.05) is 24.3 Å². The fourth-order valence-corrected chi connectivity index (χ4v) is 1.35. The fraction of sp³-hybridized carbons (Fsp3) is 0.273. The van der Waals surface area contributed by atoms with Gasteiger partial charge < -0.3 is 10.2 Å². The lowest BCUT2D eigenvalue weighted by Crippen LogP contribution is -2.12. The lowest BCUT2D eigenvalue weighted by Gasteiger charge is -2.10. The lowest BCUT2D eigenvalue weighted by atomic mass is 9.99. The van der Waals surface area contributed by atoms with Crippen LogP contribution in [0.3, 0.4) is 0 Å². The minimum atomic E-state index is -1.51. The zero-order valence-corrected chi connectivity index (χ0v) is 8.05. The number of aliphatic hydroxyl groups excluding tert-OH is 1. The van der Waals surface area contributed by atoms with Crippen LogP contribution in [0.4, 0.5) is 0 Å². The summed E-state index contributed by atoms with van der Waals surface area (Å²) in [5.74, 6) is -1.28. The van der Waals surface area contributed by atoms with Gasteiger partial charge in [0, 0.05) is 6.42 Å². The predicted octanol–water partition coefficient (Wildman–Crippen LogP) is 1.26. The molecule has 0 spiro atoms. The van der Waals surface area contributed by atoms with Crippen molar-refractivity contribution in [1.82, 2.24) is 0 Å². The first-order valence-corrected chi connectivity index (χ1v) is 4.52. The van der Waals surface area contributed by atoms with Crippen molar-refractivity contribution in [1.29, 1.82) is 5.26 Å². The molecule has 1 rings (SSSR count). The highest BCUT2D eigenvalue weighted by atomic mass is 16.4. The van der Waals surface area contributed by atoms with Crippen molar-refractivity contribution < 1.29 is 15.0 Å². The third-order valence-corrected chi connectivity index (χ3v) is 2.09. The molecule has 0 radical (unpaired) electrons. The molecule has 0 aromatic heterocycles. The molecule has 78 valence electrons. The number of carbonyl (C=O) groups is 1. The Morgan fingerprint density at radius 1 is 1.47 bits per heavy atom. The number of aryl methyl sites for hydroxylation is 1. The molecule has 4 heteroatoms. The van der Waals surface area contributed by atoms with E-state index in [1.807, 2.05) is 6.07 Å². The van der Waals surface area contributed by atoms with E-state index >= 15 is 0 Å². The Labute approximate surface area is 87.4 Å². The average Bonchev–Trinajstić information content (AvgIpc) is 2.25. The number of benzene rings is 1. The van der Waals surface area contributed by atoms with E-state index in [0.29, 0.717) is 24.0 Å². The molecular formula is C11H11NO3. The summed E-state index contributed by atoms with van der Waals surface area (Å²) in [6.07, 6.45) is -0.750. The Morgan fingerprint density at radius 2 is 2.13 bits per heavy atom. The minimum Gasteiger partial charge on any atom is -0.479 e. The van der Waals surface area contributed by atoms with Crippen molar-refractivity contribution in [2.24, 2.45) is 0 Å². The molecule has 0 aliphatic rings. The van der Waals surface area contributed by atoms with Gasteiger partial charge in [-0.3, -0.25) is 0 Å². The fourth-order valence-electron chi connectivity index (χ4n) is 1.35. The Kier molecular flexibility index (Phi) is 3.83. The number of nitrogens with zero attached hydrogens (tertiary/aromatic N) is 1. The highest BCUT2D eigenvalue weighted by molar-refractivity contribution is 5.74. The van der Waals surface area contributed by atoms with Crippen LogP contribution >= 0.6 is 0 Å². The molecule has 0 fully saturated rings. The van der Waals surface area contributed by atoms with Crippen LogP contribution in [0.5, 0.6) is 0 Å². The van der Waals surface area contributed by atoms with E-state index in [1.165, 1.54) is 0 Å². The van der Waals surface area contributed by atoms with Gasteiger partial charge in [-0.05, 0) is 17.5 Å². The summed E-state index contributed by atoms with van der Waals surface area (Å²) in [6, 6.07) is 8.68. The molecule has 1 aromatic carbocycles. The standard InChI is InChI=1S/C11H11NO3/c12-7-3-5-8-4-1-2-6-9(8)10(13)11(14)15/h1-2,4,6,10,13H,3,5H2,(H,14,15). The van der Waals surface area contributed by atoms with Gasteiger partial charge >= 0.3 is 5.97 Å². The van der Waals surface area contributed by atoms with E-state index in [2.05, 4.69) is 0 Å². The molecule has 0 amide bonds. The molecule has 0 saturated heterocycles. The third kappa shape index (κ3) is 2.79. The summed E-state index contributed by atoms with van der Waals surface area (Å²) < 4.78 is 0. The molecule has 0 bridgehead atoms. The molecule has 1 unspecified atom stereocenters. The highest BCUT2D eigenvalue weighted by Crippen LogP contribution is 2.19. The SMILES string of the molecule is N#CCCc1ccccc1C(O)C(=O)O. The molecule has 1 aromatic rings. The number of hydrogen-bond acceptors (Lipinski definition) is 3. The van der Waals surface area contributed by atoms with Crippen LogP contribution in [0.2, 0.25) is 0 Å². The van der Waals surface area contributed by atoms with Crippen LogP contribution in [0.1, 0.15) is 23.7 Å². The van der Waals surface area contributed by atoms with Crippen molar-refractivity contribution in [3.8, 4) is 6.07 Å². The third-order valence-electron chi connectivity index (χ3n) is 2.09. The van der Waals surface area contributed by atoms with E-state index in [1.54, 1.807) is 24.3 Å². The molecule has 15 heavy (non-hydrogen) atoms. The second-order valence-electron chi connectivity index (χ2n) is 3.10. The number of rotatable bonds is 4. The number of nitriles is 1. The smallest absolute Gasteiger partial charge is 0.337 e. The number of carboxylic acids is 1. The molecule has 1 atom stereocenters. The van der Waals surface area contributed by atoms with Gasteiger partial charge in [-0.25, -0.2) is 4.79 Å². The normalized spacial score (nSPS) is 11.7. The number of aliphatic carboxylic acids is 1. The van der Waals surface area contributed by atoms with Crippen LogP contribution < -0.4 is 0 Å². The van der Waals surface area contributed by atoms with Crippen molar-refractivity contribution in [3.05, 3.63) is 35.4 Å². The molecule has 2 N–H and O–H groups in total. The first-order chi connectivity index (χ1) is 7.16. The van der Waals surface area contributed by atoms with Gasteiger partial charge in [-0.2, -0.15) is 5.26 Å². The Hall–Kier alpha value is -1.86. The largest absolute Gasteiger partial charge is 0.479 e. The number of aliphatic hydroxyl groups is 1. The second kappa shape index (κ2) is 5.13. The maximum absolute atomic E-state index is 10.6. The van der Waals surface area contributed by atoms with E-state index < -0.39 is 12.1 Å². The van der Waals surface area contributed by atoms with Crippen LogP contribution in [0, 0.1) is 11.3 Å². The number of carboxylic acid groups (broad SMARTS) is 1. The van der Waals surface area contributed by atoms with Gasteiger partial charge in [0.1, 0.15) is 0 Å². The molecule has 0 aliphatic heterocycles. The first kappa shape index (κ1) is 11.2. The zero-order chi connectivity index (χ0) is 11.3. The Bertz CT molecular complexity index is 395. The van der Waals surface area contributed by atoms with Crippen LogP contribution in [-0.2, 0) is 11.2 Å². The van der Waals surface area contributed by atoms with Gasteiger partial charge in [0.05, 0.1) is 6.07 Å². The monoisotopic (exact) mass is 205 g/mol. The summed E-state index contributed by atoms with van der Waals surface area (Å²) in [7, 11) is 0. The maximum Gasteiger partial charge on any atom is 0.337 e. The van der Waals surface area contributed by atoms with Crippen molar-refractivity contribution >= 4 is 5.97 Å². The van der Waals surface area contributed by atoms with E-state index in [-0.39, 0.29) is 0 Å². The van der Waals surface area contributed by atoms with Gasteiger partial charge in [0.15, 0.2) is 6.10 Å². The molecule has 0 heterocycles. The van der Waals surface area contributed by atoms with E-state index in [4.69, 9.17) is 10.4 Å². The van der Waals surface area contributed by atoms with E-state index in [0.717, 1.165) is 0 Å². The highest BCUT2D eigenvalue weighted by Gasteiger charge is 2.18. The van der Waals surface area contributed by atoms with Gasteiger partial charge in [0.25, 0.3) is 0 Å². The molecular weight excluding hydrogens is 194 g/mol. The van der Waals surface area contributed by atoms with Gasteiger partial charge in [-0.15, -0.1) is 0 Å². The van der Waals surface area contributed by atoms with E-state index in [9.17, 15) is 9.90 Å². The maximum atomic E-state index is 10.6. The Morgan fingerprint density at radius 3 is 2.73 bits per heavy atom. The topological polar surface area (TPSA) is 81.3 Å². The van der Waals surface area contributed by atoms with Crippen molar-refractivity contribution in [2.45, 2.75) is 18.9 Å². The average molecular weight is 205 g/mol. The van der Waals surface area contributed by atoms with Gasteiger partial charge in [0.2, 0.25) is 0 Å². The summed E-state index contributed by atoms with van der Waals surface area (Å²) in [6.45, 7) is 0. The lowest BCUT2D eigenvalue weighted by molar-refractivity contribution is -0.147. The molecule has 0 aliphatic carbocycles. The second-order valence-corrected chi connectivity index (χ2v) is 3.10. The summed E-state index contributed by atoms with van der Waals surface area (Å²) in [5, 5.41) is 26.5. The molecule has 4 nitrogen and oxygen atoms in total. The minimum absolute atomic E-state index is 0.309. The Balaban J connectivity index is 2.96. The summed E-state index contributed by atoms with van der Waals surface area (Å²) >= 11 is 0. The zero-order valence-electron chi connectivity index (χ0n) is 8.05. The molecule has 0 saturated carbocycles. The van der Waals surface area contributed by atoms with Crippen molar-refractivity contribution in [3.63, 3.8) is 0 Å². The predicted molar refractivity (Wildman–Crippen MR) is 53.0 cm³/mol. The van der Waals surface area contributed by atoms with Crippen molar-refractivity contribution in [2.75, 3.05) is 0 Å².